The van der Waals surface area contributed by atoms with Crippen molar-refractivity contribution in [2.75, 3.05) is 11.9 Å². The van der Waals surface area contributed by atoms with E-state index in [1.54, 1.807) is 31.2 Å². The first-order chi connectivity index (χ1) is 13.5. The van der Waals surface area contributed by atoms with Gasteiger partial charge in [-0.05, 0) is 75.2 Å². The van der Waals surface area contributed by atoms with Crippen LogP contribution in [0.3, 0.4) is 0 Å². The molecule has 1 N–H and O–H groups in total. The van der Waals surface area contributed by atoms with E-state index in [1.165, 1.54) is 0 Å². The van der Waals surface area contributed by atoms with Gasteiger partial charge in [0.25, 0.3) is 5.91 Å². The van der Waals surface area contributed by atoms with Crippen molar-refractivity contribution in [1.82, 2.24) is 5.16 Å². The van der Waals surface area contributed by atoms with Crippen LogP contribution >= 0.6 is 0 Å². The van der Waals surface area contributed by atoms with Gasteiger partial charge in [-0.25, -0.2) is 0 Å². The van der Waals surface area contributed by atoms with E-state index in [4.69, 9.17) is 14.0 Å². The van der Waals surface area contributed by atoms with Crippen LogP contribution in [-0.4, -0.2) is 17.7 Å². The van der Waals surface area contributed by atoms with Crippen molar-refractivity contribution in [2.45, 2.75) is 34.3 Å². The SMILES string of the molecule is CCOc1ccc(NC(=O)c2noc(C)c2COc2cc(C)cc(C)c2)cc1. The van der Waals surface area contributed by atoms with Crippen LogP contribution in [0.25, 0.3) is 0 Å². The molecule has 3 rings (SSSR count). The Balaban J connectivity index is 1.71. The average molecular weight is 380 g/mol. The highest BCUT2D eigenvalue weighted by Crippen LogP contribution is 2.22. The van der Waals surface area contributed by atoms with Crippen molar-refractivity contribution in [2.24, 2.45) is 0 Å². The average Bonchev–Trinajstić information content (AvgIpc) is 3.02. The maximum atomic E-state index is 12.7. The molecule has 1 amide bonds. The minimum Gasteiger partial charge on any atom is -0.494 e. The molecule has 0 saturated heterocycles. The Morgan fingerprint density at radius 3 is 2.32 bits per heavy atom. The molecule has 0 saturated carbocycles. The molecule has 0 fully saturated rings. The number of amides is 1. The maximum absolute atomic E-state index is 12.7. The number of carbonyl (C=O) groups excluding carboxylic acids is 1. The van der Waals surface area contributed by atoms with Gasteiger partial charge in [0.2, 0.25) is 0 Å². The summed E-state index contributed by atoms with van der Waals surface area (Å²) >= 11 is 0. The molecule has 2 aromatic carbocycles. The number of hydrogen-bond donors (Lipinski definition) is 1. The van der Waals surface area contributed by atoms with Gasteiger partial charge in [0.05, 0.1) is 12.2 Å². The van der Waals surface area contributed by atoms with Crippen molar-refractivity contribution < 1.29 is 18.8 Å². The Bertz CT molecular complexity index is 941. The van der Waals surface area contributed by atoms with E-state index in [0.717, 1.165) is 22.6 Å². The molecule has 6 nitrogen and oxygen atoms in total. The molecular formula is C22H24N2O4. The van der Waals surface area contributed by atoms with Gasteiger partial charge in [0.1, 0.15) is 23.9 Å². The van der Waals surface area contributed by atoms with E-state index in [2.05, 4.69) is 16.5 Å². The molecule has 28 heavy (non-hydrogen) atoms. The highest BCUT2D eigenvalue weighted by Gasteiger charge is 2.20. The maximum Gasteiger partial charge on any atom is 0.278 e. The summed E-state index contributed by atoms with van der Waals surface area (Å²) < 4.78 is 16.5. The van der Waals surface area contributed by atoms with Gasteiger partial charge < -0.3 is 19.3 Å². The first-order valence-electron chi connectivity index (χ1n) is 9.16. The minimum absolute atomic E-state index is 0.199. The molecule has 0 unspecified atom stereocenters. The number of aryl methyl sites for hydroxylation is 3. The molecule has 0 bridgehead atoms. The Kier molecular flexibility index (Phi) is 5.99. The first kappa shape index (κ1) is 19.5. The molecule has 0 spiro atoms. The van der Waals surface area contributed by atoms with Crippen LogP contribution in [0.5, 0.6) is 11.5 Å². The molecule has 6 heteroatoms. The second kappa shape index (κ2) is 8.61. The van der Waals surface area contributed by atoms with Crippen molar-refractivity contribution in [3.63, 3.8) is 0 Å². The van der Waals surface area contributed by atoms with Gasteiger partial charge in [0.15, 0.2) is 5.69 Å². The van der Waals surface area contributed by atoms with Gasteiger partial charge >= 0.3 is 0 Å². The minimum atomic E-state index is -0.347. The fourth-order valence-corrected chi connectivity index (χ4v) is 2.90. The van der Waals surface area contributed by atoms with Gasteiger partial charge in [0, 0.05) is 5.69 Å². The van der Waals surface area contributed by atoms with E-state index in [-0.39, 0.29) is 18.2 Å². The summed E-state index contributed by atoms with van der Waals surface area (Å²) in [5.41, 5.74) is 3.73. The van der Waals surface area contributed by atoms with Crippen LogP contribution in [0.2, 0.25) is 0 Å². The van der Waals surface area contributed by atoms with Gasteiger partial charge in [-0.3, -0.25) is 4.79 Å². The fourth-order valence-electron chi connectivity index (χ4n) is 2.90. The lowest BCUT2D eigenvalue weighted by Crippen LogP contribution is -2.15. The third-order valence-corrected chi connectivity index (χ3v) is 4.20. The lowest BCUT2D eigenvalue weighted by atomic mass is 10.1. The summed E-state index contributed by atoms with van der Waals surface area (Å²) in [6.45, 7) is 8.50. The zero-order valence-corrected chi connectivity index (χ0v) is 16.5. The molecular weight excluding hydrogens is 356 g/mol. The molecule has 0 aliphatic heterocycles. The van der Waals surface area contributed by atoms with Crippen molar-refractivity contribution >= 4 is 11.6 Å². The molecule has 146 valence electrons. The molecule has 1 heterocycles. The quantitative estimate of drug-likeness (QED) is 0.635. The number of anilines is 1. The Labute approximate surface area is 164 Å². The number of hydrogen-bond acceptors (Lipinski definition) is 5. The zero-order valence-electron chi connectivity index (χ0n) is 16.5. The molecule has 0 radical (unpaired) electrons. The largest absolute Gasteiger partial charge is 0.494 e. The van der Waals surface area contributed by atoms with Crippen molar-refractivity contribution in [3.05, 3.63) is 70.6 Å². The van der Waals surface area contributed by atoms with Crippen LogP contribution in [0.4, 0.5) is 5.69 Å². The molecule has 0 aliphatic rings. The first-order valence-corrected chi connectivity index (χ1v) is 9.16. The zero-order chi connectivity index (χ0) is 20.1. The topological polar surface area (TPSA) is 73.6 Å². The van der Waals surface area contributed by atoms with E-state index in [1.807, 2.05) is 32.9 Å². The fraction of sp³-hybridized carbons (Fsp3) is 0.273. The second-order valence-electron chi connectivity index (χ2n) is 6.59. The number of carbonyl (C=O) groups is 1. The summed E-state index contributed by atoms with van der Waals surface area (Å²) in [6.07, 6.45) is 0. The molecule has 3 aromatic rings. The number of ether oxygens (including phenoxy) is 2. The normalized spacial score (nSPS) is 10.6. The van der Waals surface area contributed by atoms with Gasteiger partial charge in [-0.2, -0.15) is 0 Å². The molecule has 1 aromatic heterocycles. The third-order valence-electron chi connectivity index (χ3n) is 4.20. The predicted octanol–water partition coefficient (Wildman–Crippen LogP) is 4.83. The number of aromatic nitrogens is 1. The number of benzene rings is 2. The summed E-state index contributed by atoms with van der Waals surface area (Å²) in [4.78, 5) is 12.7. The van der Waals surface area contributed by atoms with Crippen LogP contribution < -0.4 is 14.8 Å². The lowest BCUT2D eigenvalue weighted by molar-refractivity contribution is 0.101. The van der Waals surface area contributed by atoms with E-state index in [0.29, 0.717) is 23.6 Å². The summed E-state index contributed by atoms with van der Waals surface area (Å²) in [7, 11) is 0. The number of rotatable bonds is 7. The summed E-state index contributed by atoms with van der Waals surface area (Å²) in [5, 5.41) is 6.74. The van der Waals surface area contributed by atoms with Crippen LogP contribution in [0.1, 0.15) is 39.9 Å². The third kappa shape index (κ3) is 4.71. The Hall–Kier alpha value is -3.28. The summed E-state index contributed by atoms with van der Waals surface area (Å²) in [5.74, 6) is 1.71. The number of nitrogens with zero attached hydrogens (tertiary/aromatic N) is 1. The van der Waals surface area contributed by atoms with Crippen molar-refractivity contribution in [3.8, 4) is 11.5 Å². The van der Waals surface area contributed by atoms with E-state index in [9.17, 15) is 4.79 Å². The standard InChI is InChI=1S/C22H24N2O4/c1-5-26-18-8-6-17(7-9-18)23-22(25)21-20(16(4)28-24-21)13-27-19-11-14(2)10-15(3)12-19/h6-12H,5,13H2,1-4H3,(H,23,25). The predicted molar refractivity (Wildman–Crippen MR) is 107 cm³/mol. The summed E-state index contributed by atoms with van der Waals surface area (Å²) in [6, 6.07) is 13.1. The molecule has 0 atom stereocenters. The smallest absolute Gasteiger partial charge is 0.278 e. The van der Waals surface area contributed by atoms with Gasteiger partial charge in [-0.15, -0.1) is 0 Å². The monoisotopic (exact) mass is 380 g/mol. The van der Waals surface area contributed by atoms with Gasteiger partial charge in [-0.1, -0.05) is 11.2 Å². The van der Waals surface area contributed by atoms with Crippen LogP contribution in [0.15, 0.2) is 47.0 Å². The highest BCUT2D eigenvalue weighted by molar-refractivity contribution is 6.03. The van der Waals surface area contributed by atoms with Crippen LogP contribution in [0, 0.1) is 20.8 Å². The Morgan fingerprint density at radius 2 is 1.68 bits per heavy atom. The van der Waals surface area contributed by atoms with E-state index < -0.39 is 0 Å². The van der Waals surface area contributed by atoms with E-state index >= 15 is 0 Å². The molecule has 0 aliphatic carbocycles. The number of nitrogens with one attached hydrogen (secondary N) is 1. The Morgan fingerprint density at radius 1 is 1.00 bits per heavy atom. The second-order valence-corrected chi connectivity index (χ2v) is 6.59. The van der Waals surface area contributed by atoms with Crippen molar-refractivity contribution in [1.29, 1.82) is 0 Å². The highest BCUT2D eigenvalue weighted by atomic mass is 16.5. The van der Waals surface area contributed by atoms with Crippen LogP contribution in [-0.2, 0) is 6.61 Å². The lowest BCUT2D eigenvalue weighted by Gasteiger charge is -2.09.